The van der Waals surface area contributed by atoms with Crippen molar-refractivity contribution in [3.63, 3.8) is 0 Å². The largest absolute Gasteiger partial charge is 0.361 e. The van der Waals surface area contributed by atoms with Crippen molar-refractivity contribution in [2.45, 2.75) is 52.5 Å². The van der Waals surface area contributed by atoms with E-state index in [1.807, 2.05) is 6.20 Å². The predicted molar refractivity (Wildman–Crippen MR) is 129 cm³/mol. The average molecular weight is 449 g/mol. The molecule has 1 aromatic carbocycles. The van der Waals surface area contributed by atoms with Gasteiger partial charge in [-0.3, -0.25) is 9.52 Å². The molecule has 1 aromatic heterocycles. The van der Waals surface area contributed by atoms with E-state index in [1.165, 1.54) is 6.07 Å². The number of aromatic nitrogens is 1. The number of aromatic amines is 1. The molecule has 1 atom stereocenters. The van der Waals surface area contributed by atoms with Crippen LogP contribution in [-0.2, 0) is 11.2 Å². The van der Waals surface area contributed by atoms with Crippen molar-refractivity contribution in [2.75, 3.05) is 32.4 Å². The van der Waals surface area contributed by atoms with Crippen LogP contribution >= 0.6 is 11.9 Å². The Morgan fingerprint density at radius 1 is 1.32 bits per heavy atom. The van der Waals surface area contributed by atoms with Crippen molar-refractivity contribution in [3.05, 3.63) is 35.8 Å². The fourth-order valence-corrected chi connectivity index (χ4v) is 5.00. The number of nitrogens with zero attached hydrogens (tertiary/aromatic N) is 1. The number of hydrogen-bond acceptors (Lipinski definition) is 4. The van der Waals surface area contributed by atoms with E-state index >= 15 is 0 Å². The quantitative estimate of drug-likeness (QED) is 0.499. The summed E-state index contributed by atoms with van der Waals surface area (Å²) in [5, 5.41) is 3.95. The molecule has 3 rings (SSSR count). The molecular formula is C24H37FN4OS. The van der Waals surface area contributed by atoms with Crippen molar-refractivity contribution >= 4 is 28.8 Å². The molecule has 0 saturated carbocycles. The zero-order valence-corrected chi connectivity index (χ0v) is 20.1. The minimum atomic E-state index is -0.234. The summed E-state index contributed by atoms with van der Waals surface area (Å²) < 4.78 is 17.1. The highest BCUT2D eigenvalue weighted by Crippen LogP contribution is 2.25. The highest BCUT2D eigenvalue weighted by atomic mass is 32.2. The van der Waals surface area contributed by atoms with Gasteiger partial charge in [-0.2, -0.15) is 0 Å². The molecule has 5 nitrogen and oxygen atoms in total. The summed E-state index contributed by atoms with van der Waals surface area (Å²) in [6.45, 7) is 10.6. The lowest BCUT2D eigenvalue weighted by Gasteiger charge is -2.38. The van der Waals surface area contributed by atoms with E-state index in [4.69, 9.17) is 0 Å². The number of benzene rings is 1. The molecule has 1 aliphatic heterocycles. The number of amides is 1. The molecule has 0 radical (unpaired) electrons. The Morgan fingerprint density at radius 2 is 2.06 bits per heavy atom. The van der Waals surface area contributed by atoms with Crippen molar-refractivity contribution in [1.29, 1.82) is 0 Å². The van der Waals surface area contributed by atoms with E-state index in [-0.39, 0.29) is 17.1 Å². The smallest absolute Gasteiger partial charge is 0.220 e. The summed E-state index contributed by atoms with van der Waals surface area (Å²) in [4.78, 5) is 18.1. The van der Waals surface area contributed by atoms with Gasteiger partial charge in [0.2, 0.25) is 5.91 Å². The van der Waals surface area contributed by atoms with E-state index in [9.17, 15) is 9.18 Å². The molecule has 2 aromatic rings. The van der Waals surface area contributed by atoms with Gasteiger partial charge in [0, 0.05) is 42.7 Å². The Bertz CT molecular complexity index is 855. The van der Waals surface area contributed by atoms with Gasteiger partial charge >= 0.3 is 0 Å². The molecule has 0 spiro atoms. The molecule has 31 heavy (non-hydrogen) atoms. The van der Waals surface area contributed by atoms with Crippen LogP contribution in [-0.4, -0.2) is 54.3 Å². The number of likely N-dealkylation sites (tertiary alicyclic amines) is 1. The van der Waals surface area contributed by atoms with Gasteiger partial charge in [-0.1, -0.05) is 32.7 Å². The van der Waals surface area contributed by atoms with Crippen LogP contribution in [0.15, 0.2) is 24.4 Å². The van der Waals surface area contributed by atoms with Crippen molar-refractivity contribution in [3.8, 4) is 0 Å². The predicted octanol–water partition coefficient (Wildman–Crippen LogP) is 4.35. The first-order valence-electron chi connectivity index (χ1n) is 11.3. The van der Waals surface area contributed by atoms with E-state index in [0.717, 1.165) is 48.9 Å². The zero-order chi connectivity index (χ0) is 22.4. The van der Waals surface area contributed by atoms with Crippen molar-refractivity contribution < 1.29 is 9.18 Å². The standard InChI is InChI=1S/C24H37FN4OS/c1-24(2,3)22(28-31-4)16-29-11-8-17(9-12-29)13-23(30)26-10-7-18-15-27-21-6-5-19(25)14-20(18)21/h5-6,14-15,17,22,27-28H,7-13,16H2,1-4H3,(H,26,30). The van der Waals surface area contributed by atoms with Crippen LogP contribution in [0.2, 0.25) is 0 Å². The molecule has 1 fully saturated rings. The lowest BCUT2D eigenvalue weighted by atomic mass is 9.86. The first kappa shape index (κ1) is 24.1. The molecule has 172 valence electrons. The van der Waals surface area contributed by atoms with E-state index < -0.39 is 0 Å². The second-order valence-electron chi connectivity index (χ2n) is 9.79. The minimum Gasteiger partial charge on any atom is -0.361 e. The third kappa shape index (κ3) is 6.96. The summed E-state index contributed by atoms with van der Waals surface area (Å²) in [6, 6.07) is 5.20. The van der Waals surface area contributed by atoms with Crippen LogP contribution in [0.25, 0.3) is 10.9 Å². The number of carbonyl (C=O) groups is 1. The molecule has 1 amide bonds. The third-order valence-corrected chi connectivity index (χ3v) is 6.89. The highest BCUT2D eigenvalue weighted by Gasteiger charge is 2.28. The molecule has 3 N–H and O–H groups in total. The fourth-order valence-electron chi connectivity index (χ4n) is 4.29. The number of nitrogens with one attached hydrogen (secondary N) is 3. The first-order chi connectivity index (χ1) is 14.8. The Labute approximate surface area is 190 Å². The van der Waals surface area contributed by atoms with Crippen LogP contribution in [0.1, 0.15) is 45.6 Å². The topological polar surface area (TPSA) is 60.2 Å². The molecular weight excluding hydrogens is 411 g/mol. The van der Waals surface area contributed by atoms with E-state index in [1.54, 1.807) is 24.1 Å². The maximum absolute atomic E-state index is 13.5. The number of carbonyl (C=O) groups excluding carboxylic acids is 1. The van der Waals surface area contributed by atoms with Crippen molar-refractivity contribution in [1.82, 2.24) is 19.9 Å². The van der Waals surface area contributed by atoms with Crippen LogP contribution < -0.4 is 10.0 Å². The Hall–Kier alpha value is -1.57. The molecule has 0 bridgehead atoms. The highest BCUT2D eigenvalue weighted by molar-refractivity contribution is 7.96. The summed E-state index contributed by atoms with van der Waals surface area (Å²) in [5.74, 6) is 0.350. The second kappa shape index (κ2) is 10.8. The van der Waals surface area contributed by atoms with Crippen molar-refractivity contribution in [2.24, 2.45) is 11.3 Å². The fraction of sp³-hybridized carbons (Fsp3) is 0.625. The zero-order valence-electron chi connectivity index (χ0n) is 19.3. The van der Waals surface area contributed by atoms with Gasteiger partial charge in [-0.15, -0.1) is 0 Å². The van der Waals surface area contributed by atoms with Gasteiger partial charge in [0.1, 0.15) is 5.82 Å². The minimum absolute atomic E-state index is 0.126. The Kier molecular flexibility index (Phi) is 8.42. The van der Waals surface area contributed by atoms with E-state index in [2.05, 4.69) is 46.9 Å². The number of H-pyrrole nitrogens is 1. The second-order valence-corrected chi connectivity index (χ2v) is 10.4. The molecule has 2 heterocycles. The van der Waals surface area contributed by atoms with Gasteiger partial charge in [0.15, 0.2) is 0 Å². The number of rotatable bonds is 9. The third-order valence-electron chi connectivity index (χ3n) is 6.37. The van der Waals surface area contributed by atoms with Crippen LogP contribution in [0.4, 0.5) is 4.39 Å². The molecule has 0 aliphatic carbocycles. The molecule has 7 heteroatoms. The summed E-state index contributed by atoms with van der Waals surface area (Å²) in [5.41, 5.74) is 2.18. The summed E-state index contributed by atoms with van der Waals surface area (Å²) >= 11 is 1.69. The maximum Gasteiger partial charge on any atom is 0.220 e. The molecule has 1 aliphatic rings. The lowest BCUT2D eigenvalue weighted by Crippen LogP contribution is -2.48. The number of hydrogen-bond donors (Lipinski definition) is 3. The van der Waals surface area contributed by atoms with Crippen LogP contribution in [0.3, 0.4) is 0 Å². The van der Waals surface area contributed by atoms with Gasteiger partial charge in [-0.05, 0) is 73.7 Å². The van der Waals surface area contributed by atoms with Crippen LogP contribution in [0, 0.1) is 17.2 Å². The first-order valence-corrected chi connectivity index (χ1v) is 12.5. The average Bonchev–Trinajstić information content (AvgIpc) is 3.10. The SMILES string of the molecule is CSNC(CN1CCC(CC(=O)NCCc2c[nH]c3ccc(F)cc23)CC1)C(C)(C)C. The van der Waals surface area contributed by atoms with Gasteiger partial charge in [0.25, 0.3) is 0 Å². The molecule has 1 unspecified atom stereocenters. The molecule has 1 saturated heterocycles. The lowest BCUT2D eigenvalue weighted by molar-refractivity contribution is -0.122. The van der Waals surface area contributed by atoms with Gasteiger partial charge < -0.3 is 15.2 Å². The number of fused-ring (bicyclic) bond motifs is 1. The Morgan fingerprint density at radius 3 is 2.74 bits per heavy atom. The monoisotopic (exact) mass is 448 g/mol. The summed E-state index contributed by atoms with van der Waals surface area (Å²) in [7, 11) is 0. The Balaban J connectivity index is 1.38. The van der Waals surface area contributed by atoms with Crippen LogP contribution in [0.5, 0.6) is 0 Å². The number of halogens is 1. The normalized spacial score (nSPS) is 17.2. The van der Waals surface area contributed by atoms with Gasteiger partial charge in [-0.25, -0.2) is 4.39 Å². The van der Waals surface area contributed by atoms with Gasteiger partial charge in [0.05, 0.1) is 0 Å². The maximum atomic E-state index is 13.5. The van der Waals surface area contributed by atoms with E-state index in [0.29, 0.717) is 31.3 Å². The summed E-state index contributed by atoms with van der Waals surface area (Å²) in [6.07, 6.45) is 7.44. The number of piperidine rings is 1.